The molecule has 9 nitrogen and oxygen atoms in total. The van der Waals surface area contributed by atoms with E-state index in [1.165, 1.54) is 4.68 Å². The third-order valence-electron chi connectivity index (χ3n) is 4.61. The van der Waals surface area contributed by atoms with Crippen LogP contribution >= 0.6 is 11.3 Å². The molecule has 140 valence electrons. The molecule has 0 aromatic carbocycles. The van der Waals surface area contributed by atoms with Gasteiger partial charge in [-0.05, 0) is 18.2 Å². The van der Waals surface area contributed by atoms with Crippen LogP contribution in [0.15, 0.2) is 41.5 Å². The minimum absolute atomic E-state index is 0.154. The number of nitrogens with two attached hydrogens (primary N) is 1. The average Bonchev–Trinajstić information content (AvgIpc) is 3.37. The number of aromatic nitrogens is 7. The molecule has 5 heterocycles. The van der Waals surface area contributed by atoms with Crippen molar-refractivity contribution in [3.05, 3.63) is 63.4 Å². The Morgan fingerprint density at radius 3 is 2.93 bits per heavy atom. The number of nitrogen functional groups attached to an aromatic ring is 1. The van der Waals surface area contributed by atoms with Gasteiger partial charge in [0.15, 0.2) is 0 Å². The maximum atomic E-state index is 13.0. The van der Waals surface area contributed by atoms with Gasteiger partial charge in [-0.1, -0.05) is 6.07 Å². The van der Waals surface area contributed by atoms with E-state index in [2.05, 4.69) is 20.3 Å². The van der Waals surface area contributed by atoms with E-state index in [1.54, 1.807) is 29.8 Å². The van der Waals surface area contributed by atoms with E-state index in [9.17, 15) is 4.79 Å². The maximum absolute atomic E-state index is 13.0. The van der Waals surface area contributed by atoms with Gasteiger partial charge in [0.05, 0.1) is 23.8 Å². The third-order valence-corrected chi connectivity index (χ3v) is 5.74. The minimum Gasteiger partial charge on any atom is -0.384 e. The first-order valence-corrected chi connectivity index (χ1v) is 9.45. The van der Waals surface area contributed by atoms with Crippen molar-refractivity contribution in [3.8, 4) is 0 Å². The fourth-order valence-corrected chi connectivity index (χ4v) is 4.37. The molecule has 0 aliphatic heterocycles. The molecule has 10 heteroatoms. The van der Waals surface area contributed by atoms with Crippen LogP contribution in [0.25, 0.3) is 21.3 Å². The molecule has 5 rings (SSSR count). The molecule has 0 aliphatic rings. The van der Waals surface area contributed by atoms with Crippen molar-refractivity contribution in [2.75, 3.05) is 5.73 Å². The van der Waals surface area contributed by atoms with Crippen molar-refractivity contribution in [1.29, 1.82) is 0 Å². The second-order valence-corrected chi connectivity index (χ2v) is 7.56. The predicted octanol–water partition coefficient (Wildman–Crippen LogP) is 1.68. The number of aromatic amines is 1. The van der Waals surface area contributed by atoms with Crippen LogP contribution in [0.3, 0.4) is 0 Å². The number of nitrogens with zero attached hydrogens (tertiary/aromatic N) is 6. The maximum Gasteiger partial charge on any atom is 0.291 e. The molecule has 0 amide bonds. The highest BCUT2D eigenvalue weighted by Crippen LogP contribution is 2.30. The molecule has 3 N–H and O–H groups in total. The first kappa shape index (κ1) is 16.6. The van der Waals surface area contributed by atoms with Gasteiger partial charge in [-0.15, -0.1) is 11.3 Å². The lowest BCUT2D eigenvalue weighted by Gasteiger charge is -2.04. The average molecular weight is 392 g/mol. The van der Waals surface area contributed by atoms with Crippen LogP contribution in [-0.2, 0) is 20.0 Å². The number of hydrogen-bond acceptors (Lipinski definition) is 7. The Labute approximate surface area is 162 Å². The highest BCUT2D eigenvalue weighted by Gasteiger charge is 2.18. The number of nitrogens with one attached hydrogen (secondary N) is 1. The molecule has 5 aromatic rings. The van der Waals surface area contributed by atoms with E-state index in [0.717, 1.165) is 32.1 Å². The lowest BCUT2D eigenvalue weighted by molar-refractivity contribution is 0.631. The van der Waals surface area contributed by atoms with E-state index in [4.69, 9.17) is 10.7 Å². The Bertz CT molecular complexity index is 1360. The smallest absolute Gasteiger partial charge is 0.291 e. The van der Waals surface area contributed by atoms with Gasteiger partial charge in [0.25, 0.3) is 5.56 Å². The van der Waals surface area contributed by atoms with E-state index in [0.29, 0.717) is 24.3 Å². The predicted molar refractivity (Wildman–Crippen MR) is 107 cm³/mol. The monoisotopic (exact) mass is 392 g/mol. The largest absolute Gasteiger partial charge is 0.384 e. The quantitative estimate of drug-likeness (QED) is 0.480. The molecule has 0 spiro atoms. The zero-order valence-corrected chi connectivity index (χ0v) is 15.8. The summed E-state index contributed by atoms with van der Waals surface area (Å²) in [5, 5.41) is 12.8. The van der Waals surface area contributed by atoms with Crippen LogP contribution in [0.2, 0.25) is 0 Å². The summed E-state index contributed by atoms with van der Waals surface area (Å²) in [5.41, 5.74) is 8.68. The molecule has 0 saturated carbocycles. The van der Waals surface area contributed by atoms with Crippen molar-refractivity contribution in [1.82, 2.24) is 34.5 Å². The summed E-state index contributed by atoms with van der Waals surface area (Å²) in [6.07, 6.45) is 3.95. The van der Waals surface area contributed by atoms with Gasteiger partial charge in [0.1, 0.15) is 26.7 Å². The van der Waals surface area contributed by atoms with Crippen molar-refractivity contribution < 1.29 is 0 Å². The molecule has 5 aromatic heterocycles. The fraction of sp³-hybridized carbons (Fsp3) is 0.167. The summed E-state index contributed by atoms with van der Waals surface area (Å²) < 4.78 is 3.32. The van der Waals surface area contributed by atoms with Crippen molar-refractivity contribution in [3.63, 3.8) is 0 Å². The van der Waals surface area contributed by atoms with E-state index >= 15 is 0 Å². The van der Waals surface area contributed by atoms with Gasteiger partial charge in [0.2, 0.25) is 0 Å². The molecular formula is C18H16N8OS. The summed E-state index contributed by atoms with van der Waals surface area (Å²) in [5.74, 6) is 0.492. The topological polar surface area (TPSA) is 120 Å². The van der Waals surface area contributed by atoms with Crippen molar-refractivity contribution in [2.45, 2.75) is 13.0 Å². The zero-order chi connectivity index (χ0) is 19.3. The van der Waals surface area contributed by atoms with Gasteiger partial charge in [-0.25, -0.2) is 14.6 Å². The number of thiazole rings is 1. The van der Waals surface area contributed by atoms with E-state index in [-0.39, 0.29) is 5.56 Å². The van der Waals surface area contributed by atoms with Gasteiger partial charge in [0, 0.05) is 25.4 Å². The summed E-state index contributed by atoms with van der Waals surface area (Å²) >= 11 is 1.55. The third kappa shape index (κ3) is 2.65. The fourth-order valence-electron chi connectivity index (χ4n) is 3.31. The number of pyridine rings is 1. The number of H-pyrrole nitrogens is 1. The number of aryl methyl sites for hydroxylation is 1. The number of fused-ring (bicyclic) bond motifs is 3. The lowest BCUT2D eigenvalue weighted by atomic mass is 10.3. The van der Waals surface area contributed by atoms with Crippen LogP contribution in [-0.4, -0.2) is 34.5 Å². The molecule has 28 heavy (non-hydrogen) atoms. The molecular weight excluding hydrogens is 376 g/mol. The second kappa shape index (κ2) is 6.27. The van der Waals surface area contributed by atoms with Gasteiger partial charge < -0.3 is 10.3 Å². The Morgan fingerprint density at radius 1 is 1.25 bits per heavy atom. The van der Waals surface area contributed by atoms with Crippen LogP contribution in [0.1, 0.15) is 16.4 Å². The Morgan fingerprint density at radius 2 is 2.14 bits per heavy atom. The molecule has 0 atom stereocenters. The summed E-state index contributed by atoms with van der Waals surface area (Å²) in [6.45, 7) is 0.341. The summed E-state index contributed by atoms with van der Waals surface area (Å²) in [4.78, 5) is 23.0. The Kier molecular flexibility index (Phi) is 3.72. The van der Waals surface area contributed by atoms with Gasteiger partial charge in [-0.2, -0.15) is 10.2 Å². The number of hydrogen-bond donors (Lipinski definition) is 2. The van der Waals surface area contributed by atoms with Gasteiger partial charge >= 0.3 is 0 Å². The Balaban J connectivity index is 1.58. The van der Waals surface area contributed by atoms with Crippen molar-refractivity contribution >= 4 is 38.4 Å². The molecule has 0 saturated heterocycles. The zero-order valence-electron chi connectivity index (χ0n) is 15.0. The highest BCUT2D eigenvalue weighted by molar-refractivity contribution is 7.18. The van der Waals surface area contributed by atoms with Crippen LogP contribution in [0.4, 0.5) is 5.82 Å². The molecule has 0 unspecified atom stereocenters. The first-order valence-electron chi connectivity index (χ1n) is 8.64. The van der Waals surface area contributed by atoms with E-state index in [1.807, 2.05) is 29.8 Å². The van der Waals surface area contributed by atoms with Gasteiger partial charge in [-0.3, -0.25) is 9.89 Å². The molecule has 0 aliphatic carbocycles. The molecule has 0 fully saturated rings. The normalized spacial score (nSPS) is 11.6. The summed E-state index contributed by atoms with van der Waals surface area (Å²) in [7, 11) is 1.88. The van der Waals surface area contributed by atoms with Crippen molar-refractivity contribution in [2.24, 2.45) is 7.05 Å². The SMILES string of the molecule is Cn1c2sc(Cc3cccc(N)n3)nc2c2cnn(Cc3ccn[nH]3)c(=O)c21. The molecule has 0 radical (unpaired) electrons. The standard InChI is InChI=1S/C18H16N8OS/c1-25-16-12(8-21-26(17(16)27)9-11-5-6-20-24-11)15-18(25)28-14(23-15)7-10-3-2-4-13(19)22-10/h2-6,8H,7,9H2,1H3,(H2,19,22)(H,20,24). The second-order valence-electron chi connectivity index (χ2n) is 6.50. The first-order chi connectivity index (χ1) is 13.6. The van der Waals surface area contributed by atoms with E-state index < -0.39 is 0 Å². The number of anilines is 1. The Hall–Kier alpha value is -3.53. The summed E-state index contributed by atoms with van der Waals surface area (Å²) in [6, 6.07) is 7.39. The molecule has 0 bridgehead atoms. The highest BCUT2D eigenvalue weighted by atomic mass is 32.1. The number of rotatable bonds is 4. The van der Waals surface area contributed by atoms with Crippen LogP contribution in [0.5, 0.6) is 0 Å². The lowest BCUT2D eigenvalue weighted by Crippen LogP contribution is -2.24. The minimum atomic E-state index is -0.154. The van der Waals surface area contributed by atoms with Crippen LogP contribution < -0.4 is 11.3 Å². The van der Waals surface area contributed by atoms with Crippen LogP contribution in [0, 0.1) is 0 Å².